The zero-order valence-corrected chi connectivity index (χ0v) is 14.7. The molecule has 0 aliphatic carbocycles. The van der Waals surface area contributed by atoms with Gasteiger partial charge in [0.2, 0.25) is 5.91 Å². The summed E-state index contributed by atoms with van der Waals surface area (Å²) < 4.78 is 1.69. The molecule has 0 N–H and O–H groups in total. The lowest BCUT2D eigenvalue weighted by Gasteiger charge is -2.22. The lowest BCUT2D eigenvalue weighted by Crippen LogP contribution is -2.37. The van der Waals surface area contributed by atoms with E-state index in [4.69, 9.17) is 11.6 Å². The molecule has 2 aromatic rings. The van der Waals surface area contributed by atoms with E-state index in [1.807, 2.05) is 30.9 Å². The van der Waals surface area contributed by atoms with Crippen molar-refractivity contribution >= 4 is 23.3 Å². The van der Waals surface area contributed by atoms with Crippen molar-refractivity contribution < 1.29 is 4.79 Å². The molecule has 0 bridgehead atoms. The average Bonchev–Trinajstić information content (AvgIpc) is 2.80. The Labute approximate surface area is 146 Å². The molecule has 0 saturated carbocycles. The Morgan fingerprint density at radius 1 is 1.25 bits per heavy atom. The number of nitrogens with zero attached hydrogens (tertiary/aromatic N) is 6. The van der Waals surface area contributed by atoms with Gasteiger partial charge < -0.3 is 9.80 Å². The maximum atomic E-state index is 12.6. The molecule has 1 aliphatic rings. The summed E-state index contributed by atoms with van der Waals surface area (Å²) in [5, 5.41) is 13.0. The fraction of sp³-hybridized carbons (Fsp3) is 0.500. The van der Waals surface area contributed by atoms with Crippen molar-refractivity contribution in [2.24, 2.45) is 0 Å². The molecular formula is C16H21ClN6O. The van der Waals surface area contributed by atoms with Gasteiger partial charge in [-0.3, -0.25) is 9.48 Å². The number of hydrogen-bond donors (Lipinski definition) is 0. The van der Waals surface area contributed by atoms with Crippen molar-refractivity contribution in [3.05, 3.63) is 34.7 Å². The second kappa shape index (κ2) is 7.17. The van der Waals surface area contributed by atoms with E-state index in [2.05, 4.69) is 20.2 Å². The summed E-state index contributed by atoms with van der Waals surface area (Å²) in [6.07, 6.45) is 2.57. The number of amides is 1. The van der Waals surface area contributed by atoms with Gasteiger partial charge in [0.05, 0.1) is 16.4 Å². The highest BCUT2D eigenvalue weighted by atomic mass is 35.5. The topological polar surface area (TPSA) is 67.2 Å². The van der Waals surface area contributed by atoms with Gasteiger partial charge in [0, 0.05) is 32.4 Å². The normalized spacial score (nSPS) is 15.5. The second-order valence-electron chi connectivity index (χ2n) is 5.95. The molecule has 0 aromatic carbocycles. The van der Waals surface area contributed by atoms with E-state index in [0.29, 0.717) is 11.6 Å². The number of aromatic nitrogens is 4. The van der Waals surface area contributed by atoms with E-state index in [9.17, 15) is 4.79 Å². The molecule has 0 atom stereocenters. The Balaban J connectivity index is 1.63. The minimum Gasteiger partial charge on any atom is -0.353 e. The molecule has 128 valence electrons. The van der Waals surface area contributed by atoms with E-state index in [1.165, 1.54) is 0 Å². The van der Waals surface area contributed by atoms with Gasteiger partial charge in [-0.25, -0.2) is 0 Å². The Morgan fingerprint density at radius 3 is 2.75 bits per heavy atom. The summed E-state index contributed by atoms with van der Waals surface area (Å²) >= 11 is 6.15. The van der Waals surface area contributed by atoms with Crippen LogP contribution in [0.2, 0.25) is 5.02 Å². The van der Waals surface area contributed by atoms with E-state index in [1.54, 1.807) is 10.9 Å². The standard InChI is InChI=1S/C16H21ClN6O/c1-12-16(17)13(2)23(20-12)11-15(24)22-8-4-7-21(9-10-22)14-5-3-6-18-19-14/h3,5-6H,4,7-11H2,1-2H3. The summed E-state index contributed by atoms with van der Waals surface area (Å²) in [4.78, 5) is 16.7. The molecule has 8 heteroatoms. The zero-order chi connectivity index (χ0) is 17.1. The lowest BCUT2D eigenvalue weighted by molar-refractivity contribution is -0.131. The van der Waals surface area contributed by atoms with Gasteiger partial charge in [0.25, 0.3) is 0 Å². The van der Waals surface area contributed by atoms with Crippen molar-refractivity contribution in [1.29, 1.82) is 0 Å². The van der Waals surface area contributed by atoms with Crippen LogP contribution in [0.3, 0.4) is 0 Å². The van der Waals surface area contributed by atoms with Crippen molar-refractivity contribution in [1.82, 2.24) is 24.9 Å². The van der Waals surface area contributed by atoms with Crippen LogP contribution in [0.5, 0.6) is 0 Å². The minimum atomic E-state index is 0.0678. The smallest absolute Gasteiger partial charge is 0.244 e. The molecule has 3 heterocycles. The quantitative estimate of drug-likeness (QED) is 0.844. The molecule has 1 amide bonds. The molecule has 24 heavy (non-hydrogen) atoms. The van der Waals surface area contributed by atoms with Crippen molar-refractivity contribution in [3.8, 4) is 0 Å². The number of aryl methyl sites for hydroxylation is 1. The number of hydrogen-bond acceptors (Lipinski definition) is 5. The van der Waals surface area contributed by atoms with Gasteiger partial charge in [-0.1, -0.05) is 11.6 Å². The first kappa shape index (κ1) is 16.7. The average molecular weight is 349 g/mol. The first-order chi connectivity index (χ1) is 11.6. The third kappa shape index (κ3) is 3.51. The Morgan fingerprint density at radius 2 is 2.08 bits per heavy atom. The predicted molar refractivity (Wildman–Crippen MR) is 92.2 cm³/mol. The Bertz CT molecular complexity index is 717. The first-order valence-electron chi connectivity index (χ1n) is 8.06. The molecule has 1 aliphatic heterocycles. The first-order valence-corrected chi connectivity index (χ1v) is 8.44. The maximum absolute atomic E-state index is 12.6. The number of rotatable bonds is 3. The number of carbonyl (C=O) groups excluding carboxylic acids is 1. The highest BCUT2D eigenvalue weighted by Crippen LogP contribution is 2.19. The fourth-order valence-electron chi connectivity index (χ4n) is 2.92. The Hall–Kier alpha value is -2.15. The van der Waals surface area contributed by atoms with E-state index in [0.717, 1.165) is 43.3 Å². The van der Waals surface area contributed by atoms with Gasteiger partial charge in [0.1, 0.15) is 6.54 Å². The van der Waals surface area contributed by atoms with Crippen molar-refractivity contribution in [2.75, 3.05) is 31.1 Å². The summed E-state index contributed by atoms with van der Waals surface area (Å²) in [5.74, 6) is 0.926. The number of anilines is 1. The molecule has 1 saturated heterocycles. The molecule has 7 nitrogen and oxygen atoms in total. The second-order valence-corrected chi connectivity index (χ2v) is 6.32. The molecule has 0 spiro atoms. The van der Waals surface area contributed by atoms with Gasteiger partial charge in [-0.2, -0.15) is 10.2 Å². The van der Waals surface area contributed by atoms with Gasteiger partial charge in [-0.15, -0.1) is 5.10 Å². The van der Waals surface area contributed by atoms with Crippen LogP contribution >= 0.6 is 11.6 Å². The summed E-state index contributed by atoms with van der Waals surface area (Å²) in [5.41, 5.74) is 1.59. The molecular weight excluding hydrogens is 328 g/mol. The monoisotopic (exact) mass is 348 g/mol. The van der Waals surface area contributed by atoms with E-state index in [-0.39, 0.29) is 12.5 Å². The summed E-state index contributed by atoms with van der Waals surface area (Å²) in [6, 6.07) is 3.82. The third-order valence-electron chi connectivity index (χ3n) is 4.31. The number of halogens is 1. The zero-order valence-electron chi connectivity index (χ0n) is 13.9. The van der Waals surface area contributed by atoms with Crippen LogP contribution in [-0.4, -0.2) is 57.0 Å². The fourth-order valence-corrected chi connectivity index (χ4v) is 3.05. The van der Waals surface area contributed by atoms with Crippen LogP contribution in [0.1, 0.15) is 17.8 Å². The van der Waals surface area contributed by atoms with Crippen LogP contribution in [0.4, 0.5) is 5.82 Å². The van der Waals surface area contributed by atoms with Crippen LogP contribution in [-0.2, 0) is 11.3 Å². The molecule has 1 fully saturated rings. The highest BCUT2D eigenvalue weighted by Gasteiger charge is 2.21. The Kier molecular flexibility index (Phi) is 4.99. The molecule has 0 radical (unpaired) electrons. The summed E-state index contributed by atoms with van der Waals surface area (Å²) in [7, 11) is 0. The molecule has 3 rings (SSSR count). The van der Waals surface area contributed by atoms with Crippen molar-refractivity contribution in [2.45, 2.75) is 26.8 Å². The van der Waals surface area contributed by atoms with E-state index < -0.39 is 0 Å². The lowest BCUT2D eigenvalue weighted by atomic mass is 10.3. The van der Waals surface area contributed by atoms with Crippen molar-refractivity contribution in [3.63, 3.8) is 0 Å². The third-order valence-corrected chi connectivity index (χ3v) is 4.86. The van der Waals surface area contributed by atoms with Crippen LogP contribution in [0.25, 0.3) is 0 Å². The molecule has 0 unspecified atom stereocenters. The predicted octanol–water partition coefficient (Wildman–Crippen LogP) is 1.68. The van der Waals surface area contributed by atoms with Crippen LogP contribution < -0.4 is 4.90 Å². The van der Waals surface area contributed by atoms with E-state index >= 15 is 0 Å². The van der Waals surface area contributed by atoms with Gasteiger partial charge >= 0.3 is 0 Å². The summed E-state index contributed by atoms with van der Waals surface area (Å²) in [6.45, 7) is 6.99. The van der Waals surface area contributed by atoms with Gasteiger partial charge in [0.15, 0.2) is 5.82 Å². The number of carbonyl (C=O) groups is 1. The maximum Gasteiger partial charge on any atom is 0.244 e. The SMILES string of the molecule is Cc1nn(CC(=O)N2CCCN(c3cccnn3)CC2)c(C)c1Cl. The van der Waals surface area contributed by atoms with Gasteiger partial charge in [-0.05, 0) is 32.4 Å². The van der Waals surface area contributed by atoms with Crippen LogP contribution in [0.15, 0.2) is 18.3 Å². The minimum absolute atomic E-state index is 0.0678. The largest absolute Gasteiger partial charge is 0.353 e. The van der Waals surface area contributed by atoms with Crippen LogP contribution in [0, 0.1) is 13.8 Å². The highest BCUT2D eigenvalue weighted by molar-refractivity contribution is 6.31. The molecule has 2 aromatic heterocycles.